The molecule has 1 aromatic rings. The number of carbonyl (C=O) groups is 1. The molecule has 110 valence electrons. The predicted octanol–water partition coefficient (Wildman–Crippen LogP) is 1.33. The Kier molecular flexibility index (Phi) is 4.01. The van der Waals surface area contributed by atoms with Crippen LogP contribution in [0, 0.1) is 11.8 Å². The Morgan fingerprint density at radius 3 is 2.65 bits per heavy atom. The third-order valence-electron chi connectivity index (χ3n) is 3.51. The van der Waals surface area contributed by atoms with Crippen LogP contribution >= 0.6 is 0 Å². The van der Waals surface area contributed by atoms with E-state index >= 15 is 0 Å². The monoisotopic (exact) mass is 299 g/mol. The van der Waals surface area contributed by atoms with Gasteiger partial charge < -0.3 is 9.84 Å². The zero-order chi connectivity index (χ0) is 14.9. The van der Waals surface area contributed by atoms with Crippen molar-refractivity contribution in [3.05, 3.63) is 23.8 Å². The van der Waals surface area contributed by atoms with Gasteiger partial charge in [0.2, 0.25) is 10.0 Å². The molecule has 1 aliphatic rings. The summed E-state index contributed by atoms with van der Waals surface area (Å²) in [4.78, 5) is 10.8. The fourth-order valence-corrected chi connectivity index (χ4v) is 3.24. The molecule has 0 aliphatic heterocycles. The van der Waals surface area contributed by atoms with Crippen LogP contribution in [0.5, 0.6) is 5.75 Å². The van der Waals surface area contributed by atoms with Gasteiger partial charge in [-0.3, -0.25) is 0 Å². The van der Waals surface area contributed by atoms with Gasteiger partial charge in [0.1, 0.15) is 10.6 Å². The number of sulfonamides is 1. The fourth-order valence-electron chi connectivity index (χ4n) is 2.00. The summed E-state index contributed by atoms with van der Waals surface area (Å²) in [6.07, 6.45) is 1.03. The second kappa shape index (κ2) is 5.41. The molecular formula is C13H17NO5S. The van der Waals surface area contributed by atoms with E-state index in [-0.39, 0.29) is 16.2 Å². The molecule has 0 spiro atoms. The van der Waals surface area contributed by atoms with Gasteiger partial charge in [-0.1, -0.05) is 6.92 Å². The van der Waals surface area contributed by atoms with E-state index in [1.165, 1.54) is 25.3 Å². The SMILES string of the molecule is COc1cc(C(=O)O)ccc1S(=O)(=O)NCC1CC1C. The van der Waals surface area contributed by atoms with Crippen LogP contribution in [0.3, 0.4) is 0 Å². The molecule has 7 heteroatoms. The first-order chi connectivity index (χ1) is 9.35. The Bertz CT molecular complexity index is 626. The van der Waals surface area contributed by atoms with Gasteiger partial charge in [-0.2, -0.15) is 0 Å². The van der Waals surface area contributed by atoms with Crippen molar-refractivity contribution < 1.29 is 23.1 Å². The van der Waals surface area contributed by atoms with Gasteiger partial charge in [0.05, 0.1) is 12.7 Å². The van der Waals surface area contributed by atoms with Gasteiger partial charge in [0.15, 0.2) is 0 Å². The highest BCUT2D eigenvalue weighted by atomic mass is 32.2. The van der Waals surface area contributed by atoms with Crippen molar-refractivity contribution in [3.63, 3.8) is 0 Å². The molecule has 2 N–H and O–H groups in total. The Balaban J connectivity index is 2.23. The van der Waals surface area contributed by atoms with E-state index in [2.05, 4.69) is 11.6 Å². The average molecular weight is 299 g/mol. The van der Waals surface area contributed by atoms with Crippen LogP contribution in [0.4, 0.5) is 0 Å². The van der Waals surface area contributed by atoms with Gasteiger partial charge in [-0.05, 0) is 36.5 Å². The maximum atomic E-state index is 12.2. The number of carboxylic acid groups (broad SMARTS) is 1. The van der Waals surface area contributed by atoms with Crippen molar-refractivity contribution in [3.8, 4) is 5.75 Å². The standard InChI is InChI=1S/C13H17NO5S/c1-8-5-10(8)7-14-20(17,18)12-4-3-9(13(15)16)6-11(12)19-2/h3-4,6,8,10,14H,5,7H2,1-2H3,(H,15,16). The van der Waals surface area contributed by atoms with Crippen LogP contribution in [0.1, 0.15) is 23.7 Å². The summed E-state index contributed by atoms with van der Waals surface area (Å²) in [7, 11) is -2.38. The molecule has 2 atom stereocenters. The first-order valence-electron chi connectivity index (χ1n) is 6.26. The Hall–Kier alpha value is -1.60. The number of rotatable bonds is 6. The molecule has 2 rings (SSSR count). The lowest BCUT2D eigenvalue weighted by molar-refractivity contribution is 0.0696. The summed E-state index contributed by atoms with van der Waals surface area (Å²) < 4.78 is 31.9. The lowest BCUT2D eigenvalue weighted by Gasteiger charge is -2.11. The molecule has 6 nitrogen and oxygen atoms in total. The van der Waals surface area contributed by atoms with Crippen molar-refractivity contribution >= 4 is 16.0 Å². The van der Waals surface area contributed by atoms with E-state index in [0.29, 0.717) is 18.4 Å². The summed E-state index contributed by atoms with van der Waals surface area (Å²) in [5.74, 6) is -0.170. The molecule has 0 heterocycles. The van der Waals surface area contributed by atoms with E-state index in [1.807, 2.05) is 0 Å². The van der Waals surface area contributed by atoms with E-state index < -0.39 is 16.0 Å². The molecule has 1 aliphatic carbocycles. The first-order valence-corrected chi connectivity index (χ1v) is 7.74. The maximum Gasteiger partial charge on any atom is 0.335 e. The third kappa shape index (κ3) is 3.10. The minimum Gasteiger partial charge on any atom is -0.495 e. The van der Waals surface area contributed by atoms with Gasteiger partial charge in [0, 0.05) is 6.54 Å². The van der Waals surface area contributed by atoms with Crippen molar-refractivity contribution in [2.75, 3.05) is 13.7 Å². The summed E-state index contributed by atoms with van der Waals surface area (Å²) in [6.45, 7) is 2.47. The molecule has 1 fully saturated rings. The number of hydrogen-bond donors (Lipinski definition) is 2. The highest BCUT2D eigenvalue weighted by Gasteiger charge is 2.33. The summed E-state index contributed by atoms with van der Waals surface area (Å²) in [5.41, 5.74) is -0.0170. The fraction of sp³-hybridized carbons (Fsp3) is 0.462. The molecule has 20 heavy (non-hydrogen) atoms. The summed E-state index contributed by atoms with van der Waals surface area (Å²) in [5, 5.41) is 8.89. The molecule has 1 saturated carbocycles. The van der Waals surface area contributed by atoms with Crippen LogP contribution in [0.15, 0.2) is 23.1 Å². The molecule has 2 unspecified atom stereocenters. The minimum atomic E-state index is -3.69. The van der Waals surface area contributed by atoms with Crippen LogP contribution in [0.2, 0.25) is 0 Å². The van der Waals surface area contributed by atoms with Crippen LogP contribution in [-0.2, 0) is 10.0 Å². The first kappa shape index (κ1) is 14.8. The largest absolute Gasteiger partial charge is 0.495 e. The smallest absolute Gasteiger partial charge is 0.335 e. The van der Waals surface area contributed by atoms with Gasteiger partial charge >= 0.3 is 5.97 Å². The normalized spacial score (nSPS) is 21.5. The molecule has 1 aromatic carbocycles. The number of aromatic carboxylic acids is 1. The van der Waals surface area contributed by atoms with Crippen molar-refractivity contribution in [2.24, 2.45) is 11.8 Å². The predicted molar refractivity (Wildman–Crippen MR) is 72.4 cm³/mol. The number of carboxylic acids is 1. The summed E-state index contributed by atoms with van der Waals surface area (Å²) >= 11 is 0. The second-order valence-corrected chi connectivity index (χ2v) is 6.73. The van der Waals surface area contributed by atoms with Crippen LogP contribution < -0.4 is 9.46 Å². The zero-order valence-corrected chi connectivity index (χ0v) is 12.1. The number of ether oxygens (including phenoxy) is 1. The van der Waals surface area contributed by atoms with Crippen LogP contribution in [-0.4, -0.2) is 33.1 Å². The summed E-state index contributed by atoms with van der Waals surface area (Å²) in [6, 6.07) is 3.71. The lowest BCUT2D eigenvalue weighted by atomic mass is 10.2. The van der Waals surface area contributed by atoms with Gasteiger partial charge in [-0.15, -0.1) is 0 Å². The molecular weight excluding hydrogens is 282 g/mol. The molecule has 0 saturated heterocycles. The Labute approximate surface area is 117 Å². The van der Waals surface area contributed by atoms with Gasteiger partial charge in [-0.25, -0.2) is 17.9 Å². The highest BCUT2D eigenvalue weighted by molar-refractivity contribution is 7.89. The minimum absolute atomic E-state index is 0.0170. The molecule has 0 radical (unpaired) electrons. The maximum absolute atomic E-state index is 12.2. The van der Waals surface area contributed by atoms with Crippen molar-refractivity contribution in [1.82, 2.24) is 4.72 Å². The Morgan fingerprint density at radius 2 is 2.15 bits per heavy atom. The van der Waals surface area contributed by atoms with E-state index in [0.717, 1.165) is 6.42 Å². The van der Waals surface area contributed by atoms with E-state index in [4.69, 9.17) is 9.84 Å². The number of methoxy groups -OCH3 is 1. The zero-order valence-electron chi connectivity index (χ0n) is 11.3. The van der Waals surface area contributed by atoms with E-state index in [9.17, 15) is 13.2 Å². The number of benzene rings is 1. The average Bonchev–Trinajstić information content (AvgIpc) is 3.11. The topological polar surface area (TPSA) is 92.7 Å². The van der Waals surface area contributed by atoms with Crippen molar-refractivity contribution in [2.45, 2.75) is 18.2 Å². The number of hydrogen-bond acceptors (Lipinski definition) is 4. The molecule has 0 aromatic heterocycles. The van der Waals surface area contributed by atoms with Crippen LogP contribution in [0.25, 0.3) is 0 Å². The second-order valence-electron chi connectivity index (χ2n) is 5.00. The molecule has 0 bridgehead atoms. The van der Waals surface area contributed by atoms with E-state index in [1.54, 1.807) is 0 Å². The Morgan fingerprint density at radius 1 is 1.50 bits per heavy atom. The van der Waals surface area contributed by atoms with Gasteiger partial charge in [0.25, 0.3) is 0 Å². The quantitative estimate of drug-likeness (QED) is 0.826. The highest BCUT2D eigenvalue weighted by Crippen LogP contribution is 2.37. The lowest BCUT2D eigenvalue weighted by Crippen LogP contribution is -2.26. The molecule has 0 amide bonds. The van der Waals surface area contributed by atoms with Crippen molar-refractivity contribution in [1.29, 1.82) is 0 Å². The third-order valence-corrected chi connectivity index (χ3v) is 4.97. The number of nitrogens with one attached hydrogen (secondary N) is 1.